The number of hydrogen-bond donors (Lipinski definition) is 1. The summed E-state index contributed by atoms with van der Waals surface area (Å²) in [4.78, 5) is 20.5. The van der Waals surface area contributed by atoms with Crippen molar-refractivity contribution in [1.29, 1.82) is 0 Å². The molecule has 4 rings (SSSR count). The number of imidazole rings is 1. The molecule has 0 fully saturated rings. The smallest absolute Gasteiger partial charge is 0.252 e. The zero-order chi connectivity index (χ0) is 15.1. The molecule has 5 nitrogen and oxygen atoms in total. The molecule has 5 heteroatoms. The summed E-state index contributed by atoms with van der Waals surface area (Å²) in [6.45, 7) is 0. The van der Waals surface area contributed by atoms with Crippen molar-refractivity contribution < 1.29 is 4.79 Å². The van der Waals surface area contributed by atoms with Crippen LogP contribution in [0.3, 0.4) is 0 Å². The molecule has 0 spiro atoms. The van der Waals surface area contributed by atoms with Gasteiger partial charge in [0.1, 0.15) is 5.65 Å². The van der Waals surface area contributed by atoms with Gasteiger partial charge in [-0.2, -0.15) is 0 Å². The second kappa shape index (κ2) is 4.66. The third-order valence-electron chi connectivity index (χ3n) is 3.63. The molecule has 0 unspecified atom stereocenters. The molecule has 0 bridgehead atoms. The lowest BCUT2D eigenvalue weighted by molar-refractivity contribution is 0.100. The summed E-state index contributed by atoms with van der Waals surface area (Å²) < 4.78 is 1.80. The van der Waals surface area contributed by atoms with Crippen molar-refractivity contribution in [3.63, 3.8) is 0 Å². The van der Waals surface area contributed by atoms with Crippen LogP contribution in [0.2, 0.25) is 0 Å². The Morgan fingerprint density at radius 3 is 2.86 bits per heavy atom. The van der Waals surface area contributed by atoms with E-state index < -0.39 is 5.91 Å². The Morgan fingerprint density at radius 1 is 1.14 bits per heavy atom. The molecule has 0 aliphatic rings. The number of pyridine rings is 2. The summed E-state index contributed by atoms with van der Waals surface area (Å²) >= 11 is 0. The molecule has 0 aliphatic heterocycles. The van der Waals surface area contributed by atoms with E-state index in [0.29, 0.717) is 11.2 Å². The van der Waals surface area contributed by atoms with E-state index in [9.17, 15) is 4.79 Å². The first-order valence-electron chi connectivity index (χ1n) is 6.85. The van der Waals surface area contributed by atoms with Gasteiger partial charge in [0.05, 0.1) is 16.8 Å². The number of carbonyl (C=O) groups excluding carboxylic acids is 1. The van der Waals surface area contributed by atoms with Crippen LogP contribution in [0.4, 0.5) is 0 Å². The van der Waals surface area contributed by atoms with Crippen LogP contribution in [0.15, 0.2) is 61.1 Å². The van der Waals surface area contributed by atoms with Crippen molar-refractivity contribution in [2.24, 2.45) is 5.73 Å². The highest BCUT2D eigenvalue weighted by Gasteiger charge is 2.11. The molecular weight excluding hydrogens is 276 g/mol. The Balaban J connectivity index is 1.92. The van der Waals surface area contributed by atoms with E-state index >= 15 is 0 Å². The lowest BCUT2D eigenvalue weighted by Crippen LogP contribution is -2.12. The van der Waals surface area contributed by atoms with Gasteiger partial charge in [-0.05, 0) is 24.3 Å². The molecular formula is C17H12N4O. The molecule has 4 aromatic rings. The molecule has 3 aromatic heterocycles. The second-order valence-corrected chi connectivity index (χ2v) is 5.06. The fourth-order valence-corrected chi connectivity index (χ4v) is 2.56. The summed E-state index contributed by atoms with van der Waals surface area (Å²) in [5.41, 5.74) is 8.95. The number of carbonyl (C=O) groups is 1. The highest BCUT2D eigenvalue weighted by molar-refractivity contribution is 5.99. The zero-order valence-electron chi connectivity index (χ0n) is 11.6. The van der Waals surface area contributed by atoms with E-state index in [0.717, 1.165) is 22.2 Å². The van der Waals surface area contributed by atoms with Crippen LogP contribution in [0.25, 0.3) is 27.8 Å². The Morgan fingerprint density at radius 2 is 2.00 bits per heavy atom. The summed E-state index contributed by atoms with van der Waals surface area (Å²) in [5, 5.41) is 1.05. The van der Waals surface area contributed by atoms with Crippen molar-refractivity contribution in [2.75, 3.05) is 0 Å². The van der Waals surface area contributed by atoms with Gasteiger partial charge in [-0.25, -0.2) is 4.98 Å². The number of amides is 1. The van der Waals surface area contributed by atoms with E-state index in [-0.39, 0.29) is 0 Å². The molecule has 0 aliphatic carbocycles. The van der Waals surface area contributed by atoms with Crippen molar-refractivity contribution in [3.8, 4) is 11.3 Å². The number of fused-ring (bicyclic) bond motifs is 2. The summed E-state index contributed by atoms with van der Waals surface area (Å²) in [7, 11) is 0. The zero-order valence-corrected chi connectivity index (χ0v) is 11.6. The number of aromatic nitrogens is 3. The van der Waals surface area contributed by atoms with Gasteiger partial charge in [-0.15, -0.1) is 0 Å². The summed E-state index contributed by atoms with van der Waals surface area (Å²) in [5.74, 6) is -0.487. The van der Waals surface area contributed by atoms with Gasteiger partial charge >= 0.3 is 0 Å². The highest BCUT2D eigenvalue weighted by atomic mass is 16.1. The van der Waals surface area contributed by atoms with Crippen LogP contribution < -0.4 is 5.73 Å². The fraction of sp³-hybridized carbons (Fsp3) is 0. The maximum atomic E-state index is 11.5. The topological polar surface area (TPSA) is 73.3 Å². The minimum absolute atomic E-state index is 0.405. The van der Waals surface area contributed by atoms with Gasteiger partial charge in [0, 0.05) is 29.5 Å². The van der Waals surface area contributed by atoms with Crippen molar-refractivity contribution in [1.82, 2.24) is 14.4 Å². The van der Waals surface area contributed by atoms with Gasteiger partial charge < -0.3 is 10.1 Å². The molecule has 1 amide bonds. The lowest BCUT2D eigenvalue weighted by Gasteiger charge is -1.99. The van der Waals surface area contributed by atoms with Gasteiger partial charge in [0.25, 0.3) is 5.91 Å². The number of para-hydroxylation sites is 1. The van der Waals surface area contributed by atoms with Crippen LogP contribution in [0.1, 0.15) is 10.4 Å². The van der Waals surface area contributed by atoms with Crippen LogP contribution >= 0.6 is 0 Å². The van der Waals surface area contributed by atoms with E-state index in [1.165, 1.54) is 0 Å². The van der Waals surface area contributed by atoms with E-state index in [4.69, 9.17) is 5.73 Å². The maximum Gasteiger partial charge on any atom is 0.252 e. The number of nitrogens with two attached hydrogens (primary N) is 1. The highest BCUT2D eigenvalue weighted by Crippen LogP contribution is 2.23. The molecule has 0 saturated carbocycles. The third kappa shape index (κ3) is 1.91. The Labute approximate surface area is 126 Å². The molecule has 0 radical (unpaired) electrons. The van der Waals surface area contributed by atoms with E-state index in [1.807, 2.05) is 42.7 Å². The monoisotopic (exact) mass is 288 g/mol. The Bertz CT molecular complexity index is 1020. The van der Waals surface area contributed by atoms with Crippen LogP contribution in [0, 0.1) is 0 Å². The number of hydrogen-bond acceptors (Lipinski definition) is 3. The van der Waals surface area contributed by atoms with Crippen molar-refractivity contribution in [3.05, 3.63) is 66.6 Å². The SMILES string of the molecule is NC(=O)c1cccn2cc(-c3cnc4ccccc4c3)nc12. The standard InChI is InChI=1S/C17H12N4O/c18-16(22)13-5-3-7-21-10-15(20-17(13)21)12-8-11-4-1-2-6-14(11)19-9-12/h1-10H,(H2,18,22). The maximum absolute atomic E-state index is 11.5. The molecule has 2 N–H and O–H groups in total. The van der Waals surface area contributed by atoms with E-state index in [2.05, 4.69) is 9.97 Å². The van der Waals surface area contributed by atoms with E-state index in [1.54, 1.807) is 22.7 Å². The van der Waals surface area contributed by atoms with Crippen LogP contribution in [-0.4, -0.2) is 20.3 Å². The molecule has 106 valence electrons. The quantitative estimate of drug-likeness (QED) is 0.616. The van der Waals surface area contributed by atoms with Crippen molar-refractivity contribution >= 4 is 22.5 Å². The molecule has 0 saturated heterocycles. The van der Waals surface area contributed by atoms with Crippen LogP contribution in [0.5, 0.6) is 0 Å². The average molecular weight is 288 g/mol. The first-order valence-corrected chi connectivity index (χ1v) is 6.85. The summed E-state index contributed by atoms with van der Waals surface area (Å²) in [6, 6.07) is 13.4. The Hall–Kier alpha value is -3.21. The molecule has 0 atom stereocenters. The summed E-state index contributed by atoms with van der Waals surface area (Å²) in [6.07, 6.45) is 5.49. The first-order chi connectivity index (χ1) is 10.7. The molecule has 1 aromatic carbocycles. The molecule has 22 heavy (non-hydrogen) atoms. The molecule has 3 heterocycles. The van der Waals surface area contributed by atoms with Gasteiger partial charge in [0.2, 0.25) is 0 Å². The first kappa shape index (κ1) is 12.5. The predicted octanol–water partition coefficient (Wildman–Crippen LogP) is 2.65. The minimum Gasteiger partial charge on any atom is -0.365 e. The average Bonchev–Trinajstić information content (AvgIpc) is 2.98. The van der Waals surface area contributed by atoms with Gasteiger partial charge in [0.15, 0.2) is 0 Å². The lowest BCUT2D eigenvalue weighted by atomic mass is 10.1. The number of primary amides is 1. The normalized spacial score (nSPS) is 11.1. The van der Waals surface area contributed by atoms with Gasteiger partial charge in [-0.3, -0.25) is 9.78 Å². The predicted molar refractivity (Wildman–Crippen MR) is 84.4 cm³/mol. The Kier molecular flexibility index (Phi) is 2.66. The van der Waals surface area contributed by atoms with Gasteiger partial charge in [-0.1, -0.05) is 18.2 Å². The fourth-order valence-electron chi connectivity index (χ4n) is 2.56. The number of nitrogens with zero attached hydrogens (tertiary/aromatic N) is 3. The van der Waals surface area contributed by atoms with Crippen molar-refractivity contribution in [2.45, 2.75) is 0 Å². The largest absolute Gasteiger partial charge is 0.365 e. The minimum atomic E-state index is -0.487. The third-order valence-corrected chi connectivity index (χ3v) is 3.63. The van der Waals surface area contributed by atoms with Crippen LogP contribution in [-0.2, 0) is 0 Å². The number of rotatable bonds is 2. The number of benzene rings is 1. The second-order valence-electron chi connectivity index (χ2n) is 5.06.